The van der Waals surface area contributed by atoms with Crippen LogP contribution in [0.25, 0.3) is 0 Å². The van der Waals surface area contributed by atoms with E-state index in [0.717, 1.165) is 12.8 Å². The summed E-state index contributed by atoms with van der Waals surface area (Å²) in [6.07, 6.45) is 20.6. The van der Waals surface area contributed by atoms with E-state index in [4.69, 9.17) is 9.79 Å². The minimum atomic E-state index is -3.75. The molecule has 0 saturated carbocycles. The minimum absolute atomic E-state index is 0. The summed E-state index contributed by atoms with van der Waals surface area (Å²) < 4.78 is 10.7. The molecule has 0 amide bonds. The van der Waals surface area contributed by atoms with Gasteiger partial charge >= 0.3 is 7.60 Å². The van der Waals surface area contributed by atoms with Crippen molar-refractivity contribution in [1.82, 2.24) is 0 Å². The van der Waals surface area contributed by atoms with Crippen LogP contribution in [0.1, 0.15) is 110 Å². The second kappa shape index (κ2) is 18.8. The first kappa shape index (κ1) is 25.7. The van der Waals surface area contributed by atoms with Crippen LogP contribution < -0.4 is 0 Å². The van der Waals surface area contributed by atoms with E-state index in [2.05, 4.69) is 6.92 Å². The van der Waals surface area contributed by atoms with Crippen LogP contribution in [-0.4, -0.2) is 15.9 Å². The maximum atomic E-state index is 10.7. The predicted octanol–water partition coefficient (Wildman–Crippen LogP) is 6.54. The molecule has 0 spiro atoms. The first-order chi connectivity index (χ1) is 10.6. The monoisotopic (exact) mass is 368 g/mol. The molecule has 0 aromatic rings. The normalized spacial score (nSPS) is 11.4. The largest absolute Gasteiger partial charge is 0.325 e. The quantitative estimate of drug-likeness (QED) is 0.226. The molecule has 2 N–H and O–H groups in total. The Labute approximate surface area is 151 Å². The summed E-state index contributed by atoms with van der Waals surface area (Å²) in [4.78, 5) is 17.5. The highest BCUT2D eigenvalue weighted by atomic mass is 32.1. The topological polar surface area (TPSA) is 57.5 Å². The van der Waals surface area contributed by atoms with Gasteiger partial charge in [0.05, 0.1) is 0 Å². The van der Waals surface area contributed by atoms with Gasteiger partial charge in [-0.25, -0.2) is 0 Å². The Kier molecular flexibility index (Phi) is 21.1. The van der Waals surface area contributed by atoms with Gasteiger partial charge in [0.1, 0.15) is 0 Å². The Hall–Kier alpha value is 0.500. The van der Waals surface area contributed by atoms with Crippen molar-refractivity contribution in [2.75, 3.05) is 6.16 Å². The van der Waals surface area contributed by atoms with Crippen LogP contribution in [0, 0.1) is 0 Å². The van der Waals surface area contributed by atoms with E-state index in [1.54, 1.807) is 0 Å². The molecule has 0 saturated heterocycles. The summed E-state index contributed by atoms with van der Waals surface area (Å²) in [6, 6.07) is 0. The molecule has 0 unspecified atom stereocenters. The van der Waals surface area contributed by atoms with E-state index in [0.29, 0.717) is 6.42 Å². The summed E-state index contributed by atoms with van der Waals surface area (Å²) in [5.74, 6) is 0. The molecule has 0 aromatic carbocycles. The number of hydrogen-bond acceptors (Lipinski definition) is 1. The molecule has 0 rings (SSSR count). The molecule has 0 atom stereocenters. The van der Waals surface area contributed by atoms with Gasteiger partial charge in [-0.2, -0.15) is 13.5 Å². The molecule has 142 valence electrons. The molecule has 0 aliphatic carbocycles. The Morgan fingerprint density at radius 1 is 0.565 bits per heavy atom. The van der Waals surface area contributed by atoms with E-state index in [9.17, 15) is 4.57 Å². The lowest BCUT2D eigenvalue weighted by Gasteiger charge is -2.04. The molecule has 5 heteroatoms. The number of unbranched alkanes of at least 4 members (excludes halogenated alkanes) is 15. The highest BCUT2D eigenvalue weighted by Crippen LogP contribution is 2.35. The summed E-state index contributed by atoms with van der Waals surface area (Å²) in [5, 5.41) is 0. The van der Waals surface area contributed by atoms with Crippen LogP contribution in [0.15, 0.2) is 0 Å². The van der Waals surface area contributed by atoms with Gasteiger partial charge in [0.2, 0.25) is 0 Å². The molecule has 23 heavy (non-hydrogen) atoms. The maximum Gasteiger partial charge on any atom is 0.325 e. The summed E-state index contributed by atoms with van der Waals surface area (Å²) in [7, 11) is -3.75. The van der Waals surface area contributed by atoms with E-state index >= 15 is 0 Å². The van der Waals surface area contributed by atoms with E-state index in [1.165, 1.54) is 83.5 Å². The second-order valence-corrected chi connectivity index (χ2v) is 8.47. The third kappa shape index (κ3) is 24.9. The number of hydrogen-bond donors (Lipinski definition) is 2. The van der Waals surface area contributed by atoms with Crippen molar-refractivity contribution in [3.63, 3.8) is 0 Å². The summed E-state index contributed by atoms with van der Waals surface area (Å²) in [5.41, 5.74) is 0. The first-order valence-corrected chi connectivity index (χ1v) is 11.4. The second-order valence-electron chi connectivity index (χ2n) is 6.69. The molecule has 0 aliphatic rings. The smallest absolute Gasteiger partial charge is 0.324 e. The highest BCUT2D eigenvalue weighted by Gasteiger charge is 2.10. The Morgan fingerprint density at radius 2 is 0.826 bits per heavy atom. The standard InChI is InChI=1S/C18H39O3P.H2S/c1-2-3-4-5-6-7-8-9-10-11-12-13-14-15-16-17-18-22(19,20)21;/h2-18H2,1H3,(H2,19,20,21);1H2. The fourth-order valence-corrected chi connectivity index (χ4v) is 3.50. The minimum Gasteiger partial charge on any atom is -0.324 e. The molecular formula is C18H41O3PS. The molecule has 0 aromatic heterocycles. The zero-order valence-corrected chi connectivity index (χ0v) is 17.2. The lowest BCUT2D eigenvalue weighted by molar-refractivity contribution is 0.370. The van der Waals surface area contributed by atoms with Crippen LogP contribution in [0.3, 0.4) is 0 Å². The fourth-order valence-electron chi connectivity index (χ4n) is 2.87. The fraction of sp³-hybridized carbons (Fsp3) is 1.00. The van der Waals surface area contributed by atoms with Crippen molar-refractivity contribution in [1.29, 1.82) is 0 Å². The average Bonchev–Trinajstić information content (AvgIpc) is 2.45. The SMILES string of the molecule is CCCCCCCCCCCCCCCCCCP(=O)(O)O.S. The van der Waals surface area contributed by atoms with E-state index < -0.39 is 7.60 Å². The van der Waals surface area contributed by atoms with Gasteiger partial charge in [-0.15, -0.1) is 0 Å². The molecular weight excluding hydrogens is 327 g/mol. The zero-order chi connectivity index (χ0) is 16.5. The van der Waals surface area contributed by atoms with Crippen molar-refractivity contribution >= 4 is 21.1 Å². The first-order valence-electron chi connectivity index (χ1n) is 9.61. The molecule has 3 nitrogen and oxygen atoms in total. The van der Waals surface area contributed by atoms with Crippen molar-refractivity contribution in [2.45, 2.75) is 110 Å². The van der Waals surface area contributed by atoms with Gasteiger partial charge in [0, 0.05) is 6.16 Å². The lowest BCUT2D eigenvalue weighted by Crippen LogP contribution is -1.88. The van der Waals surface area contributed by atoms with E-state index in [-0.39, 0.29) is 19.7 Å². The molecule has 0 bridgehead atoms. The van der Waals surface area contributed by atoms with Crippen LogP contribution >= 0.6 is 21.1 Å². The van der Waals surface area contributed by atoms with Crippen molar-refractivity contribution in [2.24, 2.45) is 0 Å². The highest BCUT2D eigenvalue weighted by molar-refractivity contribution is 7.59. The van der Waals surface area contributed by atoms with Crippen LogP contribution in [0.2, 0.25) is 0 Å². The van der Waals surface area contributed by atoms with Gasteiger partial charge < -0.3 is 9.79 Å². The molecule has 0 radical (unpaired) electrons. The van der Waals surface area contributed by atoms with Crippen molar-refractivity contribution in [3.05, 3.63) is 0 Å². The molecule has 0 fully saturated rings. The van der Waals surface area contributed by atoms with Gasteiger partial charge in [0.25, 0.3) is 0 Å². The maximum absolute atomic E-state index is 10.7. The van der Waals surface area contributed by atoms with E-state index in [1.807, 2.05) is 0 Å². The third-order valence-electron chi connectivity index (χ3n) is 4.30. The third-order valence-corrected chi connectivity index (χ3v) is 5.20. The van der Waals surface area contributed by atoms with Gasteiger partial charge in [-0.1, -0.05) is 103 Å². The van der Waals surface area contributed by atoms with Crippen LogP contribution in [0.5, 0.6) is 0 Å². The number of rotatable bonds is 17. The summed E-state index contributed by atoms with van der Waals surface area (Å²) >= 11 is 0. The Balaban J connectivity index is 0. The Bertz CT molecular complexity index is 269. The predicted molar refractivity (Wildman–Crippen MR) is 107 cm³/mol. The molecule has 0 aliphatic heterocycles. The van der Waals surface area contributed by atoms with Gasteiger partial charge in [-0.3, -0.25) is 4.57 Å². The van der Waals surface area contributed by atoms with Crippen molar-refractivity contribution < 1.29 is 14.4 Å². The molecule has 0 heterocycles. The lowest BCUT2D eigenvalue weighted by atomic mass is 10.0. The Morgan fingerprint density at radius 3 is 1.09 bits per heavy atom. The van der Waals surface area contributed by atoms with Crippen LogP contribution in [0.4, 0.5) is 0 Å². The van der Waals surface area contributed by atoms with Crippen LogP contribution in [-0.2, 0) is 4.57 Å². The summed E-state index contributed by atoms with van der Waals surface area (Å²) in [6.45, 7) is 2.27. The zero-order valence-electron chi connectivity index (χ0n) is 15.3. The van der Waals surface area contributed by atoms with Gasteiger partial charge in [-0.05, 0) is 6.42 Å². The van der Waals surface area contributed by atoms with Gasteiger partial charge in [0.15, 0.2) is 0 Å². The average molecular weight is 369 g/mol. The van der Waals surface area contributed by atoms with Crippen molar-refractivity contribution in [3.8, 4) is 0 Å².